The van der Waals surface area contributed by atoms with E-state index in [-0.39, 0.29) is 18.7 Å². The number of carbonyl (C=O) groups excluding carboxylic acids is 1. The van der Waals surface area contributed by atoms with Gasteiger partial charge in [-0.05, 0) is 17.9 Å². The highest BCUT2D eigenvalue weighted by Crippen LogP contribution is 2.36. The number of hydrogen-bond acceptors (Lipinski definition) is 3. The number of aliphatic hydroxyl groups excluding tert-OH is 1. The minimum absolute atomic E-state index is 0.0256. The molecule has 3 rings (SSSR count). The van der Waals surface area contributed by atoms with Gasteiger partial charge in [0.1, 0.15) is 0 Å². The molecule has 3 nitrogen and oxygen atoms in total. The van der Waals surface area contributed by atoms with Gasteiger partial charge in [0.05, 0.1) is 18.7 Å². The van der Waals surface area contributed by atoms with Gasteiger partial charge in [0.15, 0.2) is 5.78 Å². The Kier molecular flexibility index (Phi) is 4.18. The first-order chi connectivity index (χ1) is 9.79. The molecule has 1 aromatic carbocycles. The molecular formula is C17H23NO2. The summed E-state index contributed by atoms with van der Waals surface area (Å²) in [5.41, 5.74) is 1.11. The van der Waals surface area contributed by atoms with Gasteiger partial charge in [-0.2, -0.15) is 0 Å². The Morgan fingerprint density at radius 3 is 2.60 bits per heavy atom. The topological polar surface area (TPSA) is 40.5 Å². The second kappa shape index (κ2) is 6.06. The predicted molar refractivity (Wildman–Crippen MR) is 78.3 cm³/mol. The van der Waals surface area contributed by atoms with Crippen molar-refractivity contribution in [1.29, 1.82) is 0 Å². The van der Waals surface area contributed by atoms with E-state index in [2.05, 4.69) is 4.90 Å². The molecule has 3 heteroatoms. The van der Waals surface area contributed by atoms with Crippen LogP contribution in [0.15, 0.2) is 30.3 Å². The molecule has 0 bridgehead atoms. The zero-order valence-corrected chi connectivity index (χ0v) is 11.9. The zero-order chi connectivity index (χ0) is 13.9. The van der Waals surface area contributed by atoms with Gasteiger partial charge < -0.3 is 5.11 Å². The van der Waals surface area contributed by atoms with E-state index in [9.17, 15) is 9.90 Å². The SMILES string of the molecule is O=C1CCN([C@H](CO)c2ccccc2)[C@@H]1CC1CCC1. The van der Waals surface area contributed by atoms with Crippen LogP contribution in [-0.4, -0.2) is 35.0 Å². The summed E-state index contributed by atoms with van der Waals surface area (Å²) in [5.74, 6) is 1.09. The fourth-order valence-electron chi connectivity index (χ4n) is 3.51. The van der Waals surface area contributed by atoms with E-state index in [0.29, 0.717) is 12.2 Å². The second-order valence-electron chi connectivity index (χ2n) is 6.11. The minimum atomic E-state index is -0.0345. The molecule has 1 aliphatic heterocycles. The van der Waals surface area contributed by atoms with E-state index >= 15 is 0 Å². The van der Waals surface area contributed by atoms with Crippen molar-refractivity contribution in [2.75, 3.05) is 13.2 Å². The number of carbonyl (C=O) groups is 1. The molecule has 1 heterocycles. The zero-order valence-electron chi connectivity index (χ0n) is 11.9. The molecule has 0 unspecified atom stereocenters. The average Bonchev–Trinajstić information content (AvgIpc) is 2.78. The summed E-state index contributed by atoms with van der Waals surface area (Å²) >= 11 is 0. The summed E-state index contributed by atoms with van der Waals surface area (Å²) in [5, 5.41) is 9.80. The lowest BCUT2D eigenvalue weighted by Gasteiger charge is -2.35. The monoisotopic (exact) mass is 273 g/mol. The number of aliphatic hydroxyl groups is 1. The number of rotatable bonds is 5. The molecule has 1 saturated carbocycles. The molecule has 1 aromatic rings. The smallest absolute Gasteiger partial charge is 0.151 e. The maximum Gasteiger partial charge on any atom is 0.151 e. The van der Waals surface area contributed by atoms with Crippen molar-refractivity contribution in [3.05, 3.63) is 35.9 Å². The normalized spacial score (nSPS) is 25.6. The van der Waals surface area contributed by atoms with Gasteiger partial charge in [-0.3, -0.25) is 9.69 Å². The molecule has 1 saturated heterocycles. The molecule has 2 aliphatic rings. The fraction of sp³-hybridized carbons (Fsp3) is 0.588. The van der Waals surface area contributed by atoms with Crippen LogP contribution in [0.5, 0.6) is 0 Å². The first-order valence-corrected chi connectivity index (χ1v) is 7.74. The third-order valence-electron chi connectivity index (χ3n) is 4.93. The molecule has 0 spiro atoms. The van der Waals surface area contributed by atoms with E-state index in [1.165, 1.54) is 19.3 Å². The largest absolute Gasteiger partial charge is 0.394 e. The lowest BCUT2D eigenvalue weighted by Crippen LogP contribution is -2.40. The van der Waals surface area contributed by atoms with E-state index in [0.717, 1.165) is 24.4 Å². The van der Waals surface area contributed by atoms with Crippen LogP contribution >= 0.6 is 0 Å². The predicted octanol–water partition coefficient (Wildman–Crippen LogP) is 2.55. The third-order valence-corrected chi connectivity index (χ3v) is 4.93. The highest BCUT2D eigenvalue weighted by molar-refractivity contribution is 5.86. The standard InChI is InChI=1S/C17H23NO2/c19-12-16(14-7-2-1-3-8-14)18-10-9-17(20)15(18)11-13-5-4-6-13/h1-3,7-8,13,15-16,19H,4-6,9-12H2/t15-,16-/m1/s1. The number of ketones is 1. The van der Waals surface area contributed by atoms with Gasteiger partial charge >= 0.3 is 0 Å². The van der Waals surface area contributed by atoms with Crippen molar-refractivity contribution >= 4 is 5.78 Å². The highest BCUT2D eigenvalue weighted by Gasteiger charge is 2.39. The quantitative estimate of drug-likeness (QED) is 0.896. The molecule has 108 valence electrons. The maximum absolute atomic E-state index is 12.2. The van der Waals surface area contributed by atoms with E-state index in [1.54, 1.807) is 0 Å². The van der Waals surface area contributed by atoms with Crippen molar-refractivity contribution in [2.45, 2.75) is 44.2 Å². The van der Waals surface area contributed by atoms with Crippen LogP contribution in [0, 0.1) is 5.92 Å². The minimum Gasteiger partial charge on any atom is -0.394 e. The fourth-order valence-corrected chi connectivity index (χ4v) is 3.51. The Hall–Kier alpha value is -1.19. The number of likely N-dealkylation sites (tertiary alicyclic amines) is 1. The van der Waals surface area contributed by atoms with Crippen molar-refractivity contribution in [3.8, 4) is 0 Å². The maximum atomic E-state index is 12.2. The molecule has 0 amide bonds. The van der Waals surface area contributed by atoms with Crippen LogP contribution in [0.4, 0.5) is 0 Å². The summed E-state index contributed by atoms with van der Waals surface area (Å²) in [7, 11) is 0. The molecule has 1 aliphatic carbocycles. The molecule has 0 aromatic heterocycles. The van der Waals surface area contributed by atoms with E-state index < -0.39 is 0 Å². The third kappa shape index (κ3) is 2.65. The summed E-state index contributed by atoms with van der Waals surface area (Å²) < 4.78 is 0. The first kappa shape index (κ1) is 13.8. The molecular weight excluding hydrogens is 250 g/mol. The van der Waals surface area contributed by atoms with E-state index in [4.69, 9.17) is 0 Å². The number of Topliss-reactive ketones (excluding diaryl/α,β-unsaturated/α-hetero) is 1. The molecule has 1 N–H and O–H groups in total. The van der Waals surface area contributed by atoms with Gasteiger partial charge in [0.25, 0.3) is 0 Å². The van der Waals surface area contributed by atoms with Crippen molar-refractivity contribution in [1.82, 2.24) is 4.90 Å². The van der Waals surface area contributed by atoms with Crippen LogP contribution < -0.4 is 0 Å². The van der Waals surface area contributed by atoms with Crippen LogP contribution in [0.1, 0.15) is 43.7 Å². The van der Waals surface area contributed by atoms with Crippen LogP contribution in [0.2, 0.25) is 0 Å². The van der Waals surface area contributed by atoms with Gasteiger partial charge in [-0.15, -0.1) is 0 Å². The van der Waals surface area contributed by atoms with Crippen LogP contribution in [-0.2, 0) is 4.79 Å². The Morgan fingerprint density at radius 1 is 1.25 bits per heavy atom. The molecule has 20 heavy (non-hydrogen) atoms. The van der Waals surface area contributed by atoms with Gasteiger partial charge in [-0.25, -0.2) is 0 Å². The van der Waals surface area contributed by atoms with Crippen molar-refractivity contribution in [2.24, 2.45) is 5.92 Å². The number of hydrogen-bond donors (Lipinski definition) is 1. The summed E-state index contributed by atoms with van der Waals surface area (Å²) in [6.45, 7) is 0.870. The number of nitrogens with zero attached hydrogens (tertiary/aromatic N) is 1. The Morgan fingerprint density at radius 2 is 2.00 bits per heavy atom. The highest BCUT2D eigenvalue weighted by atomic mass is 16.3. The summed E-state index contributed by atoms with van der Waals surface area (Å²) in [6, 6.07) is 10.1. The Labute approximate surface area is 120 Å². The average molecular weight is 273 g/mol. The first-order valence-electron chi connectivity index (χ1n) is 7.74. The number of benzene rings is 1. The second-order valence-corrected chi connectivity index (χ2v) is 6.11. The lowest BCUT2D eigenvalue weighted by molar-refractivity contribution is -0.121. The summed E-state index contributed by atoms with van der Waals surface area (Å²) in [4.78, 5) is 14.4. The van der Waals surface area contributed by atoms with Gasteiger partial charge in [-0.1, -0.05) is 49.6 Å². The van der Waals surface area contributed by atoms with Gasteiger partial charge in [0.2, 0.25) is 0 Å². The lowest BCUT2D eigenvalue weighted by atomic mass is 9.80. The van der Waals surface area contributed by atoms with Crippen LogP contribution in [0.3, 0.4) is 0 Å². The Balaban J connectivity index is 1.76. The van der Waals surface area contributed by atoms with Crippen molar-refractivity contribution in [3.63, 3.8) is 0 Å². The van der Waals surface area contributed by atoms with Crippen molar-refractivity contribution < 1.29 is 9.90 Å². The summed E-state index contributed by atoms with van der Waals surface area (Å²) in [6.07, 6.45) is 5.48. The molecule has 0 radical (unpaired) electrons. The molecule has 2 fully saturated rings. The Bertz CT molecular complexity index is 455. The molecule has 2 atom stereocenters. The van der Waals surface area contributed by atoms with Gasteiger partial charge in [0, 0.05) is 13.0 Å². The van der Waals surface area contributed by atoms with E-state index in [1.807, 2.05) is 30.3 Å². The van der Waals surface area contributed by atoms with Crippen LogP contribution in [0.25, 0.3) is 0 Å².